The molecule has 2 aromatic rings. The van der Waals surface area contributed by atoms with Crippen LogP contribution in [0.25, 0.3) is 0 Å². The summed E-state index contributed by atoms with van der Waals surface area (Å²) in [7, 11) is 0. The molecule has 0 radical (unpaired) electrons. The van der Waals surface area contributed by atoms with Crippen LogP contribution in [0.5, 0.6) is 11.6 Å². The lowest BCUT2D eigenvalue weighted by Gasteiger charge is -2.11. The standard InChI is InChI=1S/C14H12Cl2F2N2O/c1-2-5-19-13-10(17)7-11(18)14(20-13)21-12-4-3-8(15)6-9(12)16/h3-4,6-7H,2,5H2,1H3,(H,19,20). The SMILES string of the molecule is CCCNc1nc(Oc2ccc(Cl)cc2Cl)c(F)cc1F. The Balaban J connectivity index is 2.30. The second-order valence-electron chi connectivity index (χ2n) is 4.21. The van der Waals surface area contributed by atoms with Gasteiger partial charge in [-0.15, -0.1) is 0 Å². The highest BCUT2D eigenvalue weighted by Crippen LogP contribution is 2.32. The van der Waals surface area contributed by atoms with Crippen molar-refractivity contribution in [3.05, 3.63) is 45.9 Å². The molecule has 0 aliphatic heterocycles. The van der Waals surface area contributed by atoms with E-state index >= 15 is 0 Å². The molecule has 2 rings (SSSR count). The minimum atomic E-state index is -0.916. The Labute approximate surface area is 130 Å². The van der Waals surface area contributed by atoms with Gasteiger partial charge in [0, 0.05) is 17.6 Å². The van der Waals surface area contributed by atoms with Crippen LogP contribution in [0.4, 0.5) is 14.6 Å². The van der Waals surface area contributed by atoms with Crippen LogP contribution in [0, 0.1) is 11.6 Å². The van der Waals surface area contributed by atoms with Crippen molar-refractivity contribution < 1.29 is 13.5 Å². The van der Waals surface area contributed by atoms with E-state index in [9.17, 15) is 8.78 Å². The number of nitrogens with zero attached hydrogens (tertiary/aromatic N) is 1. The number of anilines is 1. The Bertz CT molecular complexity index is 653. The van der Waals surface area contributed by atoms with Crippen LogP contribution in [0.3, 0.4) is 0 Å². The largest absolute Gasteiger partial charge is 0.435 e. The first-order valence-electron chi connectivity index (χ1n) is 6.24. The summed E-state index contributed by atoms with van der Waals surface area (Å²) in [5.74, 6) is -1.95. The molecule has 0 unspecified atom stereocenters. The fourth-order valence-electron chi connectivity index (χ4n) is 1.55. The molecule has 0 amide bonds. The molecular formula is C14H12Cl2F2N2O. The zero-order chi connectivity index (χ0) is 15.4. The molecule has 0 spiro atoms. The number of halogens is 4. The number of ether oxygens (including phenoxy) is 1. The molecule has 112 valence electrons. The average Bonchev–Trinajstić information content (AvgIpc) is 2.43. The van der Waals surface area contributed by atoms with Crippen molar-refractivity contribution in [3.63, 3.8) is 0 Å². The Morgan fingerprint density at radius 1 is 1.19 bits per heavy atom. The number of pyridine rings is 1. The van der Waals surface area contributed by atoms with E-state index in [-0.39, 0.29) is 22.5 Å². The number of nitrogens with one attached hydrogen (secondary N) is 1. The van der Waals surface area contributed by atoms with E-state index in [0.29, 0.717) is 17.6 Å². The van der Waals surface area contributed by atoms with E-state index in [1.165, 1.54) is 12.1 Å². The third-order valence-electron chi connectivity index (χ3n) is 2.54. The number of hydrogen-bond acceptors (Lipinski definition) is 3. The van der Waals surface area contributed by atoms with Crippen LogP contribution in [0.2, 0.25) is 10.0 Å². The number of hydrogen-bond donors (Lipinski definition) is 1. The lowest BCUT2D eigenvalue weighted by molar-refractivity contribution is 0.418. The Morgan fingerprint density at radius 2 is 1.95 bits per heavy atom. The number of rotatable bonds is 5. The highest BCUT2D eigenvalue weighted by molar-refractivity contribution is 6.35. The van der Waals surface area contributed by atoms with Gasteiger partial charge in [0.1, 0.15) is 5.75 Å². The van der Waals surface area contributed by atoms with Gasteiger partial charge in [0.15, 0.2) is 17.5 Å². The summed E-state index contributed by atoms with van der Waals surface area (Å²) in [5, 5.41) is 3.38. The third-order valence-corrected chi connectivity index (χ3v) is 3.07. The third kappa shape index (κ3) is 3.95. The van der Waals surface area contributed by atoms with E-state index in [1.54, 1.807) is 6.07 Å². The normalized spacial score (nSPS) is 10.5. The van der Waals surface area contributed by atoms with Gasteiger partial charge in [0.25, 0.3) is 5.88 Å². The molecule has 0 aliphatic rings. The summed E-state index contributed by atoms with van der Waals surface area (Å²) >= 11 is 11.7. The molecule has 7 heteroatoms. The maximum absolute atomic E-state index is 13.7. The highest BCUT2D eigenvalue weighted by Gasteiger charge is 2.15. The van der Waals surface area contributed by atoms with Gasteiger partial charge >= 0.3 is 0 Å². The fourth-order valence-corrected chi connectivity index (χ4v) is 2.00. The van der Waals surface area contributed by atoms with Gasteiger partial charge in [-0.2, -0.15) is 4.98 Å². The van der Waals surface area contributed by atoms with Crippen molar-refractivity contribution in [1.29, 1.82) is 0 Å². The zero-order valence-corrected chi connectivity index (χ0v) is 12.6. The number of benzene rings is 1. The van der Waals surface area contributed by atoms with E-state index in [1.807, 2.05) is 6.92 Å². The fraction of sp³-hybridized carbons (Fsp3) is 0.214. The zero-order valence-electron chi connectivity index (χ0n) is 11.1. The molecule has 0 aliphatic carbocycles. The monoisotopic (exact) mass is 332 g/mol. The molecule has 1 aromatic heterocycles. The molecule has 0 bridgehead atoms. The first kappa shape index (κ1) is 15.8. The van der Waals surface area contributed by atoms with E-state index in [0.717, 1.165) is 6.42 Å². The van der Waals surface area contributed by atoms with Gasteiger partial charge in [-0.3, -0.25) is 0 Å². The summed E-state index contributed by atoms with van der Waals surface area (Å²) in [5.41, 5.74) is 0. The molecule has 21 heavy (non-hydrogen) atoms. The van der Waals surface area contributed by atoms with E-state index in [4.69, 9.17) is 27.9 Å². The smallest absolute Gasteiger partial charge is 0.258 e. The van der Waals surface area contributed by atoms with Crippen LogP contribution in [0.15, 0.2) is 24.3 Å². The summed E-state index contributed by atoms with van der Waals surface area (Å²) in [6.45, 7) is 2.43. The first-order chi connectivity index (χ1) is 10.0. The van der Waals surface area contributed by atoms with Gasteiger partial charge < -0.3 is 10.1 Å². The van der Waals surface area contributed by atoms with Crippen LogP contribution in [-0.4, -0.2) is 11.5 Å². The summed E-state index contributed by atoms with van der Waals surface area (Å²) in [4.78, 5) is 3.79. The second kappa shape index (κ2) is 6.91. The summed E-state index contributed by atoms with van der Waals surface area (Å²) in [6.07, 6.45) is 0.775. The molecule has 3 nitrogen and oxygen atoms in total. The van der Waals surface area contributed by atoms with Gasteiger partial charge in [0.05, 0.1) is 5.02 Å². The second-order valence-corrected chi connectivity index (χ2v) is 5.05. The predicted octanol–water partition coefficient (Wildman–Crippen LogP) is 5.28. The maximum atomic E-state index is 13.7. The van der Waals surface area contributed by atoms with Crippen molar-refractivity contribution in [1.82, 2.24) is 4.98 Å². The van der Waals surface area contributed by atoms with E-state index in [2.05, 4.69) is 10.3 Å². The van der Waals surface area contributed by atoms with Crippen molar-refractivity contribution in [2.24, 2.45) is 0 Å². The highest BCUT2D eigenvalue weighted by atomic mass is 35.5. The maximum Gasteiger partial charge on any atom is 0.258 e. The predicted molar refractivity (Wildman–Crippen MR) is 79.5 cm³/mol. The van der Waals surface area contributed by atoms with Gasteiger partial charge in [0.2, 0.25) is 0 Å². The molecular weight excluding hydrogens is 321 g/mol. The molecule has 0 atom stereocenters. The van der Waals surface area contributed by atoms with Gasteiger partial charge in [-0.1, -0.05) is 30.1 Å². The number of aromatic nitrogens is 1. The van der Waals surface area contributed by atoms with Crippen molar-refractivity contribution in [2.45, 2.75) is 13.3 Å². The first-order valence-corrected chi connectivity index (χ1v) is 6.99. The Hall–Kier alpha value is -1.59. The van der Waals surface area contributed by atoms with Crippen LogP contribution in [0.1, 0.15) is 13.3 Å². The minimum Gasteiger partial charge on any atom is -0.435 e. The lowest BCUT2D eigenvalue weighted by Crippen LogP contribution is -2.06. The Morgan fingerprint density at radius 3 is 2.62 bits per heavy atom. The molecule has 1 aromatic carbocycles. The molecule has 0 saturated heterocycles. The van der Waals surface area contributed by atoms with Crippen molar-refractivity contribution >= 4 is 29.0 Å². The Kier molecular flexibility index (Phi) is 5.20. The van der Waals surface area contributed by atoms with Gasteiger partial charge in [-0.25, -0.2) is 8.78 Å². The molecule has 1 N–H and O–H groups in total. The molecule has 0 fully saturated rings. The minimum absolute atomic E-state index is 0.0710. The quantitative estimate of drug-likeness (QED) is 0.808. The van der Waals surface area contributed by atoms with Crippen LogP contribution < -0.4 is 10.1 Å². The van der Waals surface area contributed by atoms with Gasteiger partial charge in [-0.05, 0) is 24.6 Å². The summed E-state index contributed by atoms with van der Waals surface area (Å²) < 4.78 is 32.6. The molecule has 0 saturated carbocycles. The summed E-state index contributed by atoms with van der Waals surface area (Å²) in [6, 6.07) is 5.19. The topological polar surface area (TPSA) is 34.2 Å². The van der Waals surface area contributed by atoms with Crippen LogP contribution >= 0.6 is 23.2 Å². The van der Waals surface area contributed by atoms with Crippen LogP contribution in [-0.2, 0) is 0 Å². The average molecular weight is 333 g/mol. The van der Waals surface area contributed by atoms with Crippen molar-refractivity contribution in [3.8, 4) is 11.6 Å². The van der Waals surface area contributed by atoms with Crippen molar-refractivity contribution in [2.75, 3.05) is 11.9 Å². The van der Waals surface area contributed by atoms with E-state index < -0.39 is 11.6 Å². The lowest BCUT2D eigenvalue weighted by atomic mass is 10.3. The molecule has 1 heterocycles.